The third-order valence-electron chi connectivity index (χ3n) is 12.0. The molecule has 4 heterocycles. The van der Waals surface area contributed by atoms with Crippen LogP contribution in [0.2, 0.25) is 5.02 Å². The number of halogens is 2. The number of phenolic OH excluding ortho intramolecular Hbond substituents is 1. The molecule has 0 spiro atoms. The van der Waals surface area contributed by atoms with Crippen LogP contribution in [-0.4, -0.2) is 151 Å². The van der Waals surface area contributed by atoms with Crippen LogP contribution in [0.3, 0.4) is 0 Å². The monoisotopic (exact) mass is 937 g/mol. The van der Waals surface area contributed by atoms with Crippen LogP contribution in [0, 0.1) is 5.82 Å². The van der Waals surface area contributed by atoms with Crippen molar-refractivity contribution in [1.82, 2.24) is 30.0 Å². The highest BCUT2D eigenvalue weighted by molar-refractivity contribution is 6.35. The van der Waals surface area contributed by atoms with Crippen LogP contribution in [0.4, 0.5) is 21.8 Å². The Bertz CT molecular complexity index is 2790. The second kappa shape index (κ2) is 20.3. The lowest BCUT2D eigenvalue weighted by molar-refractivity contribution is -0.136. The molecule has 1 aromatic heterocycles. The van der Waals surface area contributed by atoms with Crippen LogP contribution in [0.25, 0.3) is 32.8 Å². The number of piperazine rings is 1. The first-order valence-corrected chi connectivity index (χ1v) is 22.3. The Morgan fingerprint density at radius 1 is 0.881 bits per heavy atom. The summed E-state index contributed by atoms with van der Waals surface area (Å²) in [7, 11) is 1.66. The molecule has 2 saturated heterocycles. The molecule has 5 aromatic rings. The number of piperidine rings is 1. The largest absolute Gasteiger partial charge is 0.508 e. The van der Waals surface area contributed by atoms with E-state index in [2.05, 4.69) is 20.9 Å². The van der Waals surface area contributed by atoms with Crippen LogP contribution in [-0.2, 0) is 28.7 Å². The number of nitrogens with one attached hydrogen (secondary N) is 3. The summed E-state index contributed by atoms with van der Waals surface area (Å²) in [5.74, 6) is -2.73. The summed E-state index contributed by atoms with van der Waals surface area (Å²) in [6, 6.07) is 15.8. The van der Waals surface area contributed by atoms with Gasteiger partial charge in [-0.2, -0.15) is 4.98 Å². The van der Waals surface area contributed by atoms with Gasteiger partial charge in [-0.1, -0.05) is 41.9 Å². The predicted molar refractivity (Wildman–Crippen MR) is 248 cm³/mol. The van der Waals surface area contributed by atoms with E-state index in [1.54, 1.807) is 36.2 Å². The Balaban J connectivity index is 0.819. The van der Waals surface area contributed by atoms with Gasteiger partial charge in [-0.25, -0.2) is 9.37 Å². The molecule has 0 saturated carbocycles. The number of carbonyl (C=O) groups excluding carboxylic acids is 6. The van der Waals surface area contributed by atoms with E-state index in [1.165, 1.54) is 24.0 Å². The summed E-state index contributed by atoms with van der Waals surface area (Å²) in [5, 5.41) is 20.9. The number of imide groups is 2. The van der Waals surface area contributed by atoms with Crippen molar-refractivity contribution in [3.8, 4) is 16.9 Å². The van der Waals surface area contributed by atoms with E-state index in [0.29, 0.717) is 72.5 Å². The van der Waals surface area contributed by atoms with Crippen LogP contribution >= 0.6 is 11.6 Å². The molecule has 6 amide bonds. The summed E-state index contributed by atoms with van der Waals surface area (Å²) >= 11 is 6.85. The molecule has 350 valence electrons. The third kappa shape index (κ3) is 9.94. The van der Waals surface area contributed by atoms with Gasteiger partial charge in [-0.15, -0.1) is 0 Å². The minimum atomic E-state index is -1.05. The number of phenols is 1. The van der Waals surface area contributed by atoms with Crippen molar-refractivity contribution >= 4 is 86.2 Å². The molecule has 8 rings (SSSR count). The first-order valence-electron chi connectivity index (χ1n) is 21.9. The number of carbonyl (C=O) groups is 6. The fourth-order valence-electron chi connectivity index (χ4n) is 8.52. The number of hydrogen-bond donors (Lipinski definition) is 4. The van der Waals surface area contributed by atoms with Gasteiger partial charge in [0.25, 0.3) is 11.8 Å². The Morgan fingerprint density at radius 3 is 2.40 bits per heavy atom. The van der Waals surface area contributed by atoms with E-state index in [0.717, 1.165) is 4.90 Å². The Hall–Kier alpha value is -6.96. The first-order chi connectivity index (χ1) is 32.3. The van der Waals surface area contributed by atoms with Gasteiger partial charge in [0.05, 0.1) is 42.6 Å². The zero-order valence-electron chi connectivity index (χ0n) is 36.9. The highest BCUT2D eigenvalue weighted by atomic mass is 35.5. The van der Waals surface area contributed by atoms with Crippen LogP contribution in [0.5, 0.6) is 5.75 Å². The molecular formula is C47H49ClFN9O9. The molecule has 67 heavy (non-hydrogen) atoms. The molecule has 0 radical (unpaired) electrons. The van der Waals surface area contributed by atoms with Crippen molar-refractivity contribution in [2.45, 2.75) is 32.2 Å². The van der Waals surface area contributed by atoms with E-state index >= 15 is 4.39 Å². The van der Waals surface area contributed by atoms with Crippen LogP contribution in [0.1, 0.15) is 46.9 Å². The van der Waals surface area contributed by atoms with Crippen LogP contribution < -0.4 is 20.9 Å². The summed E-state index contributed by atoms with van der Waals surface area (Å²) in [4.78, 5) is 91.1. The highest BCUT2D eigenvalue weighted by Gasteiger charge is 2.45. The number of amides is 6. The number of benzene rings is 4. The number of likely N-dealkylation sites (N-methyl/N-ethyl adjacent to an activating group) is 1. The maximum absolute atomic E-state index is 16.9. The summed E-state index contributed by atoms with van der Waals surface area (Å²) in [6.45, 7) is 5.08. The quantitative estimate of drug-likeness (QED) is 0.0751. The van der Waals surface area contributed by atoms with Gasteiger partial charge in [0.2, 0.25) is 29.6 Å². The molecular weight excluding hydrogens is 889 g/mol. The SMILES string of the molecule is CC(=O)N1CCN(c2nc(NCCC(=O)N(C)CCOCCOCCNc3cccc4c3C(=O)N(C3CCC(=O)NC3=O)C4=O)nc3c(F)c(-c4cc(O)cc5ccccc45)c(Cl)cc23)CC1. The Kier molecular flexibility index (Phi) is 14.1. The third-order valence-corrected chi connectivity index (χ3v) is 12.3. The number of fused-ring (bicyclic) bond motifs is 3. The number of hydrogen-bond acceptors (Lipinski definition) is 14. The number of aromatic hydroxyl groups is 1. The molecule has 1 unspecified atom stereocenters. The van der Waals surface area contributed by atoms with E-state index in [4.69, 9.17) is 26.1 Å². The van der Waals surface area contributed by atoms with Gasteiger partial charge in [0, 0.05) is 89.3 Å². The fourth-order valence-corrected chi connectivity index (χ4v) is 8.82. The van der Waals surface area contributed by atoms with E-state index in [-0.39, 0.29) is 103 Å². The molecule has 2 fully saturated rings. The summed E-state index contributed by atoms with van der Waals surface area (Å²) in [6.07, 6.45) is 0.174. The second-order valence-corrected chi connectivity index (χ2v) is 16.7. The lowest BCUT2D eigenvalue weighted by atomic mass is 9.96. The van der Waals surface area contributed by atoms with Crippen molar-refractivity contribution in [1.29, 1.82) is 0 Å². The van der Waals surface area contributed by atoms with Gasteiger partial charge in [0.1, 0.15) is 23.1 Å². The van der Waals surface area contributed by atoms with Crippen molar-refractivity contribution in [3.05, 3.63) is 82.6 Å². The van der Waals surface area contributed by atoms with Gasteiger partial charge < -0.3 is 39.9 Å². The van der Waals surface area contributed by atoms with Gasteiger partial charge in [0.15, 0.2) is 5.82 Å². The van der Waals surface area contributed by atoms with Crippen molar-refractivity contribution in [2.75, 3.05) is 94.8 Å². The lowest BCUT2D eigenvalue weighted by Gasteiger charge is -2.35. The first kappa shape index (κ1) is 46.6. The zero-order chi connectivity index (χ0) is 47.4. The van der Waals surface area contributed by atoms with Gasteiger partial charge in [-0.05, 0) is 53.1 Å². The molecule has 3 aliphatic rings. The minimum absolute atomic E-state index is 0.00258. The Labute approximate surface area is 389 Å². The van der Waals surface area contributed by atoms with Crippen molar-refractivity contribution in [3.63, 3.8) is 0 Å². The second-order valence-electron chi connectivity index (χ2n) is 16.3. The Morgan fingerprint density at radius 2 is 1.64 bits per heavy atom. The lowest BCUT2D eigenvalue weighted by Crippen LogP contribution is -2.54. The molecule has 1 atom stereocenters. The summed E-state index contributed by atoms with van der Waals surface area (Å²) in [5.41, 5.74) is 1.25. The molecule has 0 aliphatic carbocycles. The van der Waals surface area contributed by atoms with Crippen molar-refractivity contribution in [2.24, 2.45) is 0 Å². The fraction of sp³-hybridized carbons (Fsp3) is 0.362. The minimum Gasteiger partial charge on any atom is -0.508 e. The maximum atomic E-state index is 16.9. The van der Waals surface area contributed by atoms with E-state index in [9.17, 15) is 33.9 Å². The van der Waals surface area contributed by atoms with Crippen LogP contribution in [0.15, 0.2) is 60.7 Å². The smallest absolute Gasteiger partial charge is 0.264 e. The topological polar surface area (TPSA) is 216 Å². The van der Waals surface area contributed by atoms with E-state index < -0.39 is 35.5 Å². The number of anilines is 3. The molecule has 4 N–H and O–H groups in total. The predicted octanol–water partition coefficient (Wildman–Crippen LogP) is 4.42. The number of rotatable bonds is 17. The maximum Gasteiger partial charge on any atom is 0.264 e. The standard InChI is InChI=1S/C47H49ClFN9O9/c1-27(59)56-15-17-57(18-16-56)43-33-26-34(48)39(32-25-29(60)24-28-6-3-4-7-30(28)32)41(49)42(33)53-47(54-43)51-13-12-38(62)55(2)19-21-67-23-22-66-20-14-50-35-9-5-8-31-40(35)46(65)58(45(31)64)36-10-11-37(61)52-44(36)63/h3-9,24-26,36,50,60H,10-23H2,1-2H3,(H,51,53,54)(H,52,61,63). The van der Waals surface area contributed by atoms with Gasteiger partial charge in [-0.3, -0.25) is 39.0 Å². The number of nitrogens with zero attached hydrogens (tertiary/aromatic N) is 6. The van der Waals surface area contributed by atoms with Crippen molar-refractivity contribution < 1.29 is 47.7 Å². The zero-order valence-corrected chi connectivity index (χ0v) is 37.7. The highest BCUT2D eigenvalue weighted by Crippen LogP contribution is 2.42. The number of aromatic nitrogens is 2. The molecule has 0 bridgehead atoms. The molecule has 20 heteroatoms. The van der Waals surface area contributed by atoms with E-state index in [1.807, 2.05) is 29.2 Å². The normalized spacial score (nSPS) is 16.2. The molecule has 3 aliphatic heterocycles. The average molecular weight is 938 g/mol. The summed E-state index contributed by atoms with van der Waals surface area (Å²) < 4.78 is 28.3. The molecule has 4 aromatic carbocycles. The number of ether oxygens (including phenoxy) is 2. The van der Waals surface area contributed by atoms with Gasteiger partial charge >= 0.3 is 0 Å². The average Bonchev–Trinajstić information content (AvgIpc) is 3.56. The molecule has 18 nitrogen and oxygen atoms in total.